The monoisotopic (exact) mass is 696 g/mol. The minimum Gasteiger partial charge on any atom is -0.493 e. The highest BCUT2D eigenvalue weighted by molar-refractivity contribution is 6.35. The maximum Gasteiger partial charge on any atom is 0.332 e. The van der Waals surface area contributed by atoms with Gasteiger partial charge < -0.3 is 13.9 Å². The van der Waals surface area contributed by atoms with Crippen molar-refractivity contribution in [1.82, 2.24) is 24.1 Å². The van der Waals surface area contributed by atoms with E-state index in [2.05, 4.69) is 15.5 Å². The number of methoxy groups -OCH3 is 1. The summed E-state index contributed by atoms with van der Waals surface area (Å²) in [6, 6.07) is 23.3. The van der Waals surface area contributed by atoms with E-state index in [0.29, 0.717) is 32.5 Å². The van der Waals surface area contributed by atoms with Gasteiger partial charge in [-0.15, -0.1) is 0 Å². The van der Waals surface area contributed by atoms with Crippen molar-refractivity contribution in [2.75, 3.05) is 7.11 Å². The number of carbonyl (C=O) groups is 1. The number of halogens is 2. The quantitative estimate of drug-likeness (QED) is 0.147. The molecule has 3 aromatic heterocycles. The normalized spacial score (nSPS) is 11.6. The van der Waals surface area contributed by atoms with E-state index in [0.717, 1.165) is 20.7 Å². The SMILES string of the molecule is COc1cc(C=NNC(=O)c2cc3c(ccc4ccccc43)o2)ccc1Oc1nc2c(c(=O)n(C)c(=O)n2C)n1Cc1ccc(Cl)cc1Cl. The molecule has 12 nitrogen and oxygen atoms in total. The number of aromatic nitrogens is 4. The van der Waals surface area contributed by atoms with Crippen molar-refractivity contribution >= 4 is 68.2 Å². The van der Waals surface area contributed by atoms with Crippen LogP contribution in [0.3, 0.4) is 0 Å². The summed E-state index contributed by atoms with van der Waals surface area (Å²) < 4.78 is 21.4. The highest BCUT2D eigenvalue weighted by atomic mass is 35.5. The third-order valence-corrected chi connectivity index (χ3v) is 8.66. The molecule has 0 aliphatic heterocycles. The number of amides is 1. The first-order valence-electron chi connectivity index (χ1n) is 14.8. The van der Waals surface area contributed by atoms with Crippen LogP contribution < -0.4 is 26.1 Å². The standard InChI is InChI=1S/C35H26Cl2N6O6/c1-41-31-30(33(45)42(2)35(41)46)43(18-21-9-11-22(36)15-25(21)37)34(39-31)49-27-12-8-19(14-28(27)47-3)17-38-40-32(44)29-16-24-23-7-5-4-6-20(23)10-13-26(24)48-29/h4-17H,18H2,1-3H3,(H,40,44). The lowest BCUT2D eigenvalue weighted by atomic mass is 10.1. The summed E-state index contributed by atoms with van der Waals surface area (Å²) in [7, 11) is 4.37. The molecule has 3 heterocycles. The maximum absolute atomic E-state index is 13.3. The highest BCUT2D eigenvalue weighted by Gasteiger charge is 2.23. The topological polar surface area (TPSA) is 135 Å². The molecule has 0 fully saturated rings. The zero-order chi connectivity index (χ0) is 34.4. The van der Waals surface area contributed by atoms with Gasteiger partial charge in [0.1, 0.15) is 5.58 Å². The number of hydrogen-bond donors (Lipinski definition) is 1. The Morgan fingerprint density at radius 3 is 2.57 bits per heavy atom. The van der Waals surface area contributed by atoms with Crippen LogP contribution >= 0.6 is 23.2 Å². The van der Waals surface area contributed by atoms with Crippen molar-refractivity contribution in [2.45, 2.75) is 6.54 Å². The largest absolute Gasteiger partial charge is 0.493 e. The number of aryl methyl sites for hydroxylation is 1. The Morgan fingerprint density at radius 2 is 1.78 bits per heavy atom. The minimum absolute atomic E-state index is 0.0184. The van der Waals surface area contributed by atoms with Crippen LogP contribution in [0, 0.1) is 0 Å². The fourth-order valence-corrected chi connectivity index (χ4v) is 6.01. The smallest absolute Gasteiger partial charge is 0.332 e. The van der Waals surface area contributed by atoms with E-state index in [9.17, 15) is 14.4 Å². The number of hydrogen-bond acceptors (Lipinski definition) is 8. The maximum atomic E-state index is 13.3. The van der Waals surface area contributed by atoms with E-state index < -0.39 is 17.2 Å². The van der Waals surface area contributed by atoms with Crippen molar-refractivity contribution in [3.63, 3.8) is 0 Å². The highest BCUT2D eigenvalue weighted by Crippen LogP contribution is 2.34. The molecule has 7 aromatic rings. The van der Waals surface area contributed by atoms with E-state index in [1.54, 1.807) is 42.5 Å². The van der Waals surface area contributed by atoms with Gasteiger partial charge in [0.15, 0.2) is 28.4 Å². The van der Waals surface area contributed by atoms with Crippen molar-refractivity contribution in [3.8, 4) is 17.5 Å². The number of benzene rings is 4. The number of furan rings is 1. The Balaban J connectivity index is 1.17. The van der Waals surface area contributed by atoms with Crippen LogP contribution in [-0.4, -0.2) is 37.9 Å². The Hall–Kier alpha value is -5.85. The molecular weight excluding hydrogens is 671 g/mol. The first-order valence-corrected chi connectivity index (χ1v) is 15.6. The molecule has 0 saturated carbocycles. The van der Waals surface area contributed by atoms with Crippen LogP contribution in [0.25, 0.3) is 32.9 Å². The van der Waals surface area contributed by atoms with E-state index in [4.69, 9.17) is 37.1 Å². The number of ether oxygens (including phenoxy) is 2. The average Bonchev–Trinajstić information content (AvgIpc) is 3.70. The van der Waals surface area contributed by atoms with E-state index >= 15 is 0 Å². The van der Waals surface area contributed by atoms with Gasteiger partial charge in [-0.1, -0.05) is 59.6 Å². The molecule has 0 unspecified atom stereocenters. The average molecular weight is 698 g/mol. The summed E-state index contributed by atoms with van der Waals surface area (Å²) in [5.74, 6) is 0.187. The van der Waals surface area contributed by atoms with Crippen LogP contribution in [-0.2, 0) is 20.6 Å². The van der Waals surface area contributed by atoms with Crippen molar-refractivity contribution < 1.29 is 18.7 Å². The molecule has 0 aliphatic rings. The van der Waals surface area contributed by atoms with E-state index in [1.165, 1.54) is 36.6 Å². The van der Waals surface area contributed by atoms with Gasteiger partial charge in [0, 0.05) is 29.5 Å². The molecule has 7 rings (SSSR count). The number of hydrazone groups is 1. The lowest BCUT2D eigenvalue weighted by Gasteiger charge is -2.13. The number of nitrogens with zero attached hydrogens (tertiary/aromatic N) is 5. The van der Waals surface area contributed by atoms with Gasteiger partial charge in [0.2, 0.25) is 0 Å². The van der Waals surface area contributed by atoms with Crippen molar-refractivity contribution in [1.29, 1.82) is 0 Å². The lowest BCUT2D eigenvalue weighted by Crippen LogP contribution is -2.37. The van der Waals surface area contributed by atoms with Gasteiger partial charge in [-0.05, 0) is 64.4 Å². The summed E-state index contributed by atoms with van der Waals surface area (Å²) in [6.07, 6.45) is 1.44. The second kappa shape index (κ2) is 12.6. The first-order chi connectivity index (χ1) is 23.6. The molecule has 0 bridgehead atoms. The Bertz CT molecular complexity index is 2600. The summed E-state index contributed by atoms with van der Waals surface area (Å²) in [6.45, 7) is 0.0868. The number of rotatable bonds is 8. The Morgan fingerprint density at radius 1 is 0.959 bits per heavy atom. The second-order valence-corrected chi connectivity index (χ2v) is 12.0. The molecule has 14 heteroatoms. The van der Waals surface area contributed by atoms with E-state index in [1.807, 2.05) is 36.4 Å². The Kier molecular flexibility index (Phi) is 8.18. The van der Waals surface area contributed by atoms with Gasteiger partial charge in [-0.3, -0.25) is 23.3 Å². The number of imidazole rings is 1. The van der Waals surface area contributed by atoms with Crippen LogP contribution in [0.4, 0.5) is 0 Å². The van der Waals surface area contributed by atoms with Crippen LogP contribution in [0.15, 0.2) is 98.0 Å². The number of fused-ring (bicyclic) bond motifs is 4. The molecule has 49 heavy (non-hydrogen) atoms. The molecule has 0 atom stereocenters. The van der Waals surface area contributed by atoms with Crippen LogP contribution in [0.5, 0.6) is 17.5 Å². The minimum atomic E-state index is -0.554. The molecule has 0 radical (unpaired) electrons. The van der Waals surface area contributed by atoms with E-state index in [-0.39, 0.29) is 35.2 Å². The predicted molar refractivity (Wildman–Crippen MR) is 188 cm³/mol. The van der Waals surface area contributed by atoms with Gasteiger partial charge in [0.05, 0.1) is 19.9 Å². The lowest BCUT2D eigenvalue weighted by molar-refractivity contribution is 0.0929. The fourth-order valence-electron chi connectivity index (χ4n) is 5.54. The zero-order valence-electron chi connectivity index (χ0n) is 26.2. The molecule has 4 aromatic carbocycles. The molecule has 0 saturated heterocycles. The van der Waals surface area contributed by atoms with Crippen LogP contribution in [0.2, 0.25) is 10.0 Å². The first kappa shape index (κ1) is 31.7. The second-order valence-electron chi connectivity index (χ2n) is 11.1. The predicted octanol–water partition coefficient (Wildman–Crippen LogP) is 6.25. The molecule has 0 spiro atoms. The van der Waals surface area contributed by atoms with Crippen LogP contribution in [0.1, 0.15) is 21.7 Å². The summed E-state index contributed by atoms with van der Waals surface area (Å²) >= 11 is 12.6. The van der Waals surface area contributed by atoms with Gasteiger partial charge >= 0.3 is 17.6 Å². The molecule has 0 aliphatic carbocycles. The Labute approximate surface area is 287 Å². The van der Waals surface area contributed by atoms with Crippen molar-refractivity contribution in [2.24, 2.45) is 19.2 Å². The third kappa shape index (κ3) is 5.81. The van der Waals surface area contributed by atoms with Gasteiger partial charge in [-0.25, -0.2) is 10.2 Å². The zero-order valence-corrected chi connectivity index (χ0v) is 27.7. The number of nitrogens with one attached hydrogen (secondary N) is 1. The van der Waals surface area contributed by atoms with Crippen molar-refractivity contribution in [3.05, 3.63) is 127 Å². The fraction of sp³-hybridized carbons (Fsp3) is 0.114. The molecular formula is C35H26Cl2N6O6. The third-order valence-electron chi connectivity index (χ3n) is 8.07. The summed E-state index contributed by atoms with van der Waals surface area (Å²) in [5, 5.41) is 7.78. The van der Waals surface area contributed by atoms with Gasteiger partial charge in [0.25, 0.3) is 5.56 Å². The number of carbonyl (C=O) groups excluding carboxylic acids is 1. The molecule has 1 amide bonds. The molecule has 1 N–H and O–H groups in total. The van der Waals surface area contributed by atoms with Gasteiger partial charge in [-0.2, -0.15) is 10.1 Å². The molecule has 246 valence electrons. The summed E-state index contributed by atoms with van der Waals surface area (Å²) in [4.78, 5) is 43.4. The summed E-state index contributed by atoms with van der Waals surface area (Å²) in [5.41, 5.74) is 3.49.